The standard InChI is InChI=1S/C21H30N2O2/c1-4-23(21(24)13-15(2)17-9-11-22-12-10-17)16(3)20-14-18-7-5-6-8-19(18)25-20/h5-8,14-17,22H,4,9-13H2,1-3H3. The topological polar surface area (TPSA) is 45.5 Å². The average Bonchev–Trinajstić information content (AvgIpc) is 3.07. The van der Waals surface area contributed by atoms with Crippen LogP contribution >= 0.6 is 0 Å². The van der Waals surface area contributed by atoms with Gasteiger partial charge < -0.3 is 14.6 Å². The lowest BCUT2D eigenvalue weighted by Crippen LogP contribution is -2.37. The first-order valence-corrected chi connectivity index (χ1v) is 9.58. The summed E-state index contributed by atoms with van der Waals surface area (Å²) in [6, 6.07) is 10.0. The largest absolute Gasteiger partial charge is 0.459 e. The molecule has 2 atom stereocenters. The van der Waals surface area contributed by atoms with Gasteiger partial charge in [-0.25, -0.2) is 0 Å². The summed E-state index contributed by atoms with van der Waals surface area (Å²) in [7, 11) is 0. The molecule has 0 aliphatic carbocycles. The van der Waals surface area contributed by atoms with Gasteiger partial charge in [0.1, 0.15) is 11.3 Å². The van der Waals surface area contributed by atoms with Crippen molar-refractivity contribution >= 4 is 16.9 Å². The van der Waals surface area contributed by atoms with Crippen molar-refractivity contribution in [2.24, 2.45) is 11.8 Å². The Balaban J connectivity index is 1.68. The molecule has 1 aromatic carbocycles. The number of hydrogen-bond acceptors (Lipinski definition) is 3. The SMILES string of the molecule is CCN(C(=O)CC(C)C1CCNCC1)C(C)c1cc2ccccc2o1. The van der Waals surface area contributed by atoms with Crippen molar-refractivity contribution in [2.75, 3.05) is 19.6 Å². The summed E-state index contributed by atoms with van der Waals surface area (Å²) < 4.78 is 5.98. The van der Waals surface area contributed by atoms with Crippen molar-refractivity contribution in [3.05, 3.63) is 36.1 Å². The molecule has 136 valence electrons. The highest BCUT2D eigenvalue weighted by atomic mass is 16.3. The molecule has 0 spiro atoms. The van der Waals surface area contributed by atoms with E-state index >= 15 is 0 Å². The lowest BCUT2D eigenvalue weighted by atomic mass is 9.84. The molecule has 1 fully saturated rings. The van der Waals surface area contributed by atoms with E-state index in [1.54, 1.807) is 0 Å². The number of hydrogen-bond donors (Lipinski definition) is 1. The Bertz CT molecular complexity index is 670. The monoisotopic (exact) mass is 342 g/mol. The van der Waals surface area contributed by atoms with Crippen molar-refractivity contribution < 1.29 is 9.21 Å². The van der Waals surface area contributed by atoms with Crippen molar-refractivity contribution in [1.82, 2.24) is 10.2 Å². The van der Waals surface area contributed by atoms with Gasteiger partial charge in [0.15, 0.2) is 0 Å². The molecule has 1 aromatic heterocycles. The van der Waals surface area contributed by atoms with Gasteiger partial charge in [0.2, 0.25) is 5.91 Å². The maximum Gasteiger partial charge on any atom is 0.223 e. The molecule has 1 aliphatic rings. The summed E-state index contributed by atoms with van der Waals surface area (Å²) in [5.74, 6) is 2.20. The molecule has 2 unspecified atom stereocenters. The summed E-state index contributed by atoms with van der Waals surface area (Å²) in [5.41, 5.74) is 0.885. The van der Waals surface area contributed by atoms with E-state index in [1.807, 2.05) is 36.1 Å². The van der Waals surface area contributed by atoms with Crippen LogP contribution in [0.15, 0.2) is 34.7 Å². The number of para-hydroxylation sites is 1. The minimum atomic E-state index is -0.0369. The number of carbonyl (C=O) groups is 1. The second-order valence-electron chi connectivity index (χ2n) is 7.31. The van der Waals surface area contributed by atoms with Crippen molar-refractivity contribution in [1.29, 1.82) is 0 Å². The first-order chi connectivity index (χ1) is 12.1. The van der Waals surface area contributed by atoms with E-state index in [0.717, 1.165) is 29.8 Å². The van der Waals surface area contributed by atoms with E-state index < -0.39 is 0 Å². The third-order valence-electron chi connectivity index (χ3n) is 5.67. The van der Waals surface area contributed by atoms with Gasteiger partial charge in [-0.2, -0.15) is 0 Å². The maximum atomic E-state index is 12.9. The number of benzene rings is 1. The summed E-state index contributed by atoms with van der Waals surface area (Å²) in [4.78, 5) is 14.9. The molecule has 25 heavy (non-hydrogen) atoms. The molecule has 4 nitrogen and oxygen atoms in total. The van der Waals surface area contributed by atoms with Gasteiger partial charge in [0.25, 0.3) is 0 Å². The van der Waals surface area contributed by atoms with Crippen molar-refractivity contribution in [2.45, 2.75) is 46.1 Å². The lowest BCUT2D eigenvalue weighted by Gasteiger charge is -2.31. The van der Waals surface area contributed by atoms with Crippen LogP contribution in [0.5, 0.6) is 0 Å². The van der Waals surface area contributed by atoms with Gasteiger partial charge in [-0.3, -0.25) is 4.79 Å². The highest BCUT2D eigenvalue weighted by Gasteiger charge is 2.27. The summed E-state index contributed by atoms with van der Waals surface area (Å²) in [5, 5.41) is 4.49. The van der Waals surface area contributed by atoms with Crippen LogP contribution in [0.25, 0.3) is 11.0 Å². The predicted octanol–water partition coefficient (Wildman–Crippen LogP) is 4.37. The van der Waals surface area contributed by atoms with E-state index in [-0.39, 0.29) is 11.9 Å². The molecular weight excluding hydrogens is 312 g/mol. The number of nitrogens with one attached hydrogen (secondary N) is 1. The lowest BCUT2D eigenvalue weighted by molar-refractivity contribution is -0.134. The molecule has 3 rings (SSSR count). The Morgan fingerprint density at radius 2 is 2.00 bits per heavy atom. The van der Waals surface area contributed by atoms with Gasteiger partial charge in [-0.1, -0.05) is 25.1 Å². The van der Waals surface area contributed by atoms with Crippen LogP contribution in [0, 0.1) is 11.8 Å². The number of furan rings is 1. The van der Waals surface area contributed by atoms with Gasteiger partial charge in [-0.05, 0) is 63.7 Å². The molecule has 2 heterocycles. The smallest absolute Gasteiger partial charge is 0.223 e. The molecule has 4 heteroatoms. The Morgan fingerprint density at radius 1 is 1.28 bits per heavy atom. The van der Waals surface area contributed by atoms with Crippen molar-refractivity contribution in [3.63, 3.8) is 0 Å². The molecule has 1 N–H and O–H groups in total. The number of fused-ring (bicyclic) bond motifs is 1. The molecule has 1 amide bonds. The fraction of sp³-hybridized carbons (Fsp3) is 0.571. The minimum Gasteiger partial charge on any atom is -0.459 e. The third kappa shape index (κ3) is 4.06. The zero-order valence-corrected chi connectivity index (χ0v) is 15.6. The Labute approximate surface area is 150 Å². The molecule has 0 saturated carbocycles. The Morgan fingerprint density at radius 3 is 2.68 bits per heavy atom. The number of piperidine rings is 1. The molecule has 0 bridgehead atoms. The summed E-state index contributed by atoms with van der Waals surface area (Å²) in [6.45, 7) is 9.20. The summed E-state index contributed by atoms with van der Waals surface area (Å²) >= 11 is 0. The van der Waals surface area contributed by atoms with E-state index in [1.165, 1.54) is 12.8 Å². The molecular formula is C21H30N2O2. The third-order valence-corrected chi connectivity index (χ3v) is 5.67. The van der Waals surface area contributed by atoms with Crippen LogP contribution in [0.2, 0.25) is 0 Å². The first-order valence-electron chi connectivity index (χ1n) is 9.58. The normalized spacial score (nSPS) is 18.2. The molecule has 2 aromatic rings. The predicted molar refractivity (Wildman–Crippen MR) is 101 cm³/mol. The zero-order valence-electron chi connectivity index (χ0n) is 15.6. The van der Waals surface area contributed by atoms with Crippen LogP contribution in [0.3, 0.4) is 0 Å². The number of amides is 1. The van der Waals surface area contributed by atoms with Crippen LogP contribution in [0.4, 0.5) is 0 Å². The quantitative estimate of drug-likeness (QED) is 0.848. The maximum absolute atomic E-state index is 12.9. The van der Waals surface area contributed by atoms with Crippen LogP contribution in [-0.2, 0) is 4.79 Å². The second kappa shape index (κ2) is 8.05. The molecule has 0 radical (unpaired) electrons. The molecule has 1 aliphatic heterocycles. The summed E-state index contributed by atoms with van der Waals surface area (Å²) in [6.07, 6.45) is 2.99. The first kappa shape index (κ1) is 18.0. The minimum absolute atomic E-state index is 0.0369. The van der Waals surface area contributed by atoms with E-state index in [4.69, 9.17) is 4.42 Å². The fourth-order valence-corrected chi connectivity index (χ4v) is 4.00. The number of nitrogens with zero attached hydrogens (tertiary/aromatic N) is 1. The highest BCUT2D eigenvalue weighted by Crippen LogP contribution is 2.30. The van der Waals surface area contributed by atoms with E-state index in [9.17, 15) is 4.79 Å². The molecule has 1 saturated heterocycles. The fourth-order valence-electron chi connectivity index (χ4n) is 4.00. The highest BCUT2D eigenvalue weighted by molar-refractivity contribution is 5.79. The number of rotatable bonds is 6. The Kier molecular flexibility index (Phi) is 5.79. The van der Waals surface area contributed by atoms with Gasteiger partial charge >= 0.3 is 0 Å². The van der Waals surface area contributed by atoms with Crippen molar-refractivity contribution in [3.8, 4) is 0 Å². The zero-order chi connectivity index (χ0) is 17.8. The van der Waals surface area contributed by atoms with Crippen LogP contribution < -0.4 is 5.32 Å². The van der Waals surface area contributed by atoms with Gasteiger partial charge in [0.05, 0.1) is 6.04 Å². The van der Waals surface area contributed by atoms with E-state index in [2.05, 4.69) is 25.2 Å². The second-order valence-corrected chi connectivity index (χ2v) is 7.31. The van der Waals surface area contributed by atoms with Crippen LogP contribution in [-0.4, -0.2) is 30.4 Å². The van der Waals surface area contributed by atoms with Crippen LogP contribution in [0.1, 0.15) is 51.8 Å². The van der Waals surface area contributed by atoms with E-state index in [0.29, 0.717) is 24.8 Å². The van der Waals surface area contributed by atoms with Gasteiger partial charge in [0, 0.05) is 18.4 Å². The van der Waals surface area contributed by atoms with Gasteiger partial charge in [-0.15, -0.1) is 0 Å². The Hall–Kier alpha value is -1.81. The average molecular weight is 342 g/mol. The number of carbonyl (C=O) groups excluding carboxylic acids is 1.